The Morgan fingerprint density at radius 3 is 2.37 bits per heavy atom. The summed E-state index contributed by atoms with van der Waals surface area (Å²) < 4.78 is 5.06. The summed E-state index contributed by atoms with van der Waals surface area (Å²) in [5, 5.41) is 0. The van der Waals surface area contributed by atoms with Gasteiger partial charge in [-0.2, -0.15) is 0 Å². The van der Waals surface area contributed by atoms with E-state index in [1.165, 1.54) is 11.1 Å². The van der Waals surface area contributed by atoms with Gasteiger partial charge in [-0.3, -0.25) is 4.79 Å². The van der Waals surface area contributed by atoms with Crippen molar-refractivity contribution in [1.82, 2.24) is 0 Å². The summed E-state index contributed by atoms with van der Waals surface area (Å²) in [6.45, 7) is 12.4. The van der Waals surface area contributed by atoms with Crippen LogP contribution in [0.1, 0.15) is 38.3 Å². The lowest BCUT2D eigenvalue weighted by Crippen LogP contribution is -2.26. The van der Waals surface area contributed by atoms with Crippen LogP contribution < -0.4 is 0 Å². The molecular weight excluding hydrogens is 236 g/mol. The molecule has 2 nitrogen and oxygen atoms in total. The summed E-state index contributed by atoms with van der Waals surface area (Å²) in [5.41, 5.74) is 3.23. The Bertz CT molecular complexity index is 445. The molecule has 1 aromatic rings. The van der Waals surface area contributed by atoms with Crippen LogP contribution in [0.25, 0.3) is 0 Å². The van der Waals surface area contributed by atoms with Crippen LogP contribution in [0.3, 0.4) is 0 Å². The average Bonchev–Trinajstić information content (AvgIpc) is 2.32. The van der Waals surface area contributed by atoms with Crippen LogP contribution in [0, 0.1) is 12.3 Å². The number of ether oxygens (including phenoxy) is 1. The number of benzene rings is 1. The Hall–Kier alpha value is -1.57. The number of allylic oxidation sites excluding steroid dienone is 1. The standard InChI is InChI=1S/C17H24O2/c1-6-19-16(18)12-17(5,13(2)3)11-15-9-7-14(4)8-10-15/h7-10H,2,6,11-12H2,1,3-5H3. The topological polar surface area (TPSA) is 26.3 Å². The van der Waals surface area contributed by atoms with E-state index in [-0.39, 0.29) is 11.4 Å². The maximum Gasteiger partial charge on any atom is 0.306 e. The second-order valence-electron chi connectivity index (χ2n) is 5.49. The van der Waals surface area contributed by atoms with Gasteiger partial charge in [0.1, 0.15) is 0 Å². The van der Waals surface area contributed by atoms with Crippen molar-refractivity contribution in [3.63, 3.8) is 0 Å². The summed E-state index contributed by atoms with van der Waals surface area (Å²) in [6, 6.07) is 8.42. The first-order chi connectivity index (χ1) is 8.87. The molecule has 19 heavy (non-hydrogen) atoms. The summed E-state index contributed by atoms with van der Waals surface area (Å²) in [6.07, 6.45) is 1.19. The smallest absolute Gasteiger partial charge is 0.306 e. The van der Waals surface area contributed by atoms with Crippen LogP contribution in [0.5, 0.6) is 0 Å². The molecule has 0 heterocycles. The van der Waals surface area contributed by atoms with Gasteiger partial charge in [-0.25, -0.2) is 0 Å². The largest absolute Gasteiger partial charge is 0.466 e. The molecule has 0 aliphatic carbocycles. The predicted octanol–water partition coefficient (Wildman–Crippen LogP) is 4.07. The lowest BCUT2D eigenvalue weighted by Gasteiger charge is -2.29. The highest BCUT2D eigenvalue weighted by Gasteiger charge is 2.29. The lowest BCUT2D eigenvalue weighted by atomic mass is 9.75. The number of rotatable bonds is 6. The number of carbonyl (C=O) groups is 1. The van der Waals surface area contributed by atoms with Gasteiger partial charge in [-0.1, -0.05) is 48.9 Å². The first-order valence-corrected chi connectivity index (χ1v) is 6.74. The van der Waals surface area contributed by atoms with E-state index >= 15 is 0 Å². The summed E-state index contributed by atoms with van der Waals surface area (Å²) in [5.74, 6) is -0.153. The molecule has 1 atom stereocenters. The van der Waals surface area contributed by atoms with Gasteiger partial charge >= 0.3 is 5.97 Å². The fraction of sp³-hybridized carbons (Fsp3) is 0.471. The van der Waals surface area contributed by atoms with E-state index in [4.69, 9.17) is 4.74 Å². The van der Waals surface area contributed by atoms with Gasteiger partial charge < -0.3 is 4.74 Å². The van der Waals surface area contributed by atoms with E-state index < -0.39 is 0 Å². The van der Waals surface area contributed by atoms with Crippen LogP contribution >= 0.6 is 0 Å². The zero-order valence-electron chi connectivity index (χ0n) is 12.5. The minimum absolute atomic E-state index is 0.153. The van der Waals surface area contributed by atoms with E-state index in [9.17, 15) is 4.79 Å². The molecule has 0 aromatic heterocycles. The third kappa shape index (κ3) is 4.55. The Morgan fingerprint density at radius 2 is 1.89 bits per heavy atom. The summed E-state index contributed by atoms with van der Waals surface area (Å²) >= 11 is 0. The van der Waals surface area contributed by atoms with Gasteiger partial charge in [-0.05, 0) is 32.8 Å². The Morgan fingerprint density at radius 1 is 1.32 bits per heavy atom. The molecule has 0 spiro atoms. The van der Waals surface area contributed by atoms with Gasteiger partial charge in [0.2, 0.25) is 0 Å². The lowest BCUT2D eigenvalue weighted by molar-refractivity contribution is -0.145. The first-order valence-electron chi connectivity index (χ1n) is 6.74. The molecule has 2 heteroatoms. The van der Waals surface area contributed by atoms with Crippen molar-refractivity contribution in [1.29, 1.82) is 0 Å². The molecule has 1 unspecified atom stereocenters. The molecule has 0 bridgehead atoms. The normalized spacial score (nSPS) is 13.7. The van der Waals surface area contributed by atoms with E-state index in [0.717, 1.165) is 12.0 Å². The molecule has 0 aliphatic rings. The Kier molecular flexibility index (Phi) is 5.34. The van der Waals surface area contributed by atoms with Crippen LogP contribution in [-0.2, 0) is 16.0 Å². The van der Waals surface area contributed by atoms with Crippen molar-refractivity contribution in [3.05, 3.63) is 47.5 Å². The molecule has 0 N–H and O–H groups in total. The van der Waals surface area contributed by atoms with Crippen molar-refractivity contribution in [2.24, 2.45) is 5.41 Å². The minimum atomic E-state index is -0.249. The zero-order chi connectivity index (χ0) is 14.5. The highest BCUT2D eigenvalue weighted by atomic mass is 16.5. The predicted molar refractivity (Wildman–Crippen MR) is 79.1 cm³/mol. The maximum absolute atomic E-state index is 11.7. The molecule has 0 aliphatic heterocycles. The molecule has 1 rings (SSSR count). The minimum Gasteiger partial charge on any atom is -0.466 e. The molecule has 0 amide bonds. The molecule has 1 aromatic carbocycles. The van der Waals surface area contributed by atoms with Crippen molar-refractivity contribution >= 4 is 5.97 Å². The number of carbonyl (C=O) groups excluding carboxylic acids is 1. The summed E-state index contributed by atoms with van der Waals surface area (Å²) in [7, 11) is 0. The Labute approximate surface area is 116 Å². The second-order valence-corrected chi connectivity index (χ2v) is 5.49. The number of esters is 1. The van der Waals surface area contributed by atoms with Crippen molar-refractivity contribution in [3.8, 4) is 0 Å². The van der Waals surface area contributed by atoms with E-state index in [1.807, 2.05) is 13.8 Å². The van der Waals surface area contributed by atoms with E-state index in [0.29, 0.717) is 13.0 Å². The third-order valence-electron chi connectivity index (χ3n) is 3.59. The first kappa shape index (κ1) is 15.5. The quantitative estimate of drug-likeness (QED) is 0.569. The molecule has 0 saturated carbocycles. The van der Waals surface area contributed by atoms with E-state index in [2.05, 4.69) is 44.7 Å². The third-order valence-corrected chi connectivity index (χ3v) is 3.59. The fourth-order valence-corrected chi connectivity index (χ4v) is 2.05. The second kappa shape index (κ2) is 6.55. The molecule has 0 radical (unpaired) electrons. The van der Waals surface area contributed by atoms with Crippen molar-refractivity contribution in [2.75, 3.05) is 6.61 Å². The number of aryl methyl sites for hydroxylation is 1. The van der Waals surface area contributed by atoms with Crippen LogP contribution in [0.15, 0.2) is 36.4 Å². The molecule has 0 fully saturated rings. The van der Waals surface area contributed by atoms with Gasteiger partial charge in [0.15, 0.2) is 0 Å². The summed E-state index contributed by atoms with van der Waals surface area (Å²) in [4.78, 5) is 11.7. The molecular formula is C17H24O2. The zero-order valence-corrected chi connectivity index (χ0v) is 12.5. The highest BCUT2D eigenvalue weighted by Crippen LogP contribution is 2.34. The van der Waals surface area contributed by atoms with Crippen LogP contribution in [0.2, 0.25) is 0 Å². The maximum atomic E-state index is 11.7. The number of hydrogen-bond donors (Lipinski definition) is 0. The number of hydrogen-bond acceptors (Lipinski definition) is 2. The van der Waals surface area contributed by atoms with Gasteiger partial charge in [0.05, 0.1) is 13.0 Å². The SMILES string of the molecule is C=C(C)C(C)(CC(=O)OCC)Cc1ccc(C)cc1. The molecule has 0 saturated heterocycles. The van der Waals surface area contributed by atoms with Crippen LogP contribution in [-0.4, -0.2) is 12.6 Å². The Balaban J connectivity index is 2.84. The van der Waals surface area contributed by atoms with Gasteiger partial charge in [-0.15, -0.1) is 0 Å². The monoisotopic (exact) mass is 260 g/mol. The van der Waals surface area contributed by atoms with Crippen molar-refractivity contribution in [2.45, 2.75) is 40.5 Å². The highest BCUT2D eigenvalue weighted by molar-refractivity contribution is 5.71. The van der Waals surface area contributed by atoms with Gasteiger partial charge in [0, 0.05) is 5.41 Å². The average molecular weight is 260 g/mol. The van der Waals surface area contributed by atoms with Gasteiger partial charge in [0.25, 0.3) is 0 Å². The molecule has 104 valence electrons. The fourth-order valence-electron chi connectivity index (χ4n) is 2.05. The van der Waals surface area contributed by atoms with E-state index in [1.54, 1.807) is 0 Å². The van der Waals surface area contributed by atoms with Crippen LogP contribution in [0.4, 0.5) is 0 Å². The van der Waals surface area contributed by atoms with Crippen molar-refractivity contribution < 1.29 is 9.53 Å².